The number of nitrogens with two attached hydrogens (primary N) is 2. The highest BCUT2D eigenvalue weighted by atomic mass is 32.2. The molecule has 0 radical (unpaired) electrons. The van der Waals surface area contributed by atoms with Crippen molar-refractivity contribution in [2.24, 2.45) is 11.5 Å². The molecular formula is C16H32N2O2S2. The first-order chi connectivity index (χ1) is 10.5. The van der Waals surface area contributed by atoms with Gasteiger partial charge in [-0.1, -0.05) is 25.7 Å². The summed E-state index contributed by atoms with van der Waals surface area (Å²) in [4.78, 5) is 0. The highest BCUT2D eigenvalue weighted by Gasteiger charge is 2.37. The van der Waals surface area contributed by atoms with Crippen LogP contribution in [0.5, 0.6) is 0 Å². The summed E-state index contributed by atoms with van der Waals surface area (Å²) in [7, 11) is 0. The smallest absolute Gasteiger partial charge is 0.0806 e. The van der Waals surface area contributed by atoms with Crippen LogP contribution in [0.15, 0.2) is 0 Å². The number of hydrogen-bond donors (Lipinski definition) is 4. The summed E-state index contributed by atoms with van der Waals surface area (Å²) in [5, 5.41) is 20.8. The number of hydrogen-bond acceptors (Lipinski definition) is 6. The fourth-order valence-electron chi connectivity index (χ4n) is 3.56. The quantitative estimate of drug-likeness (QED) is 0.474. The maximum Gasteiger partial charge on any atom is 0.0806 e. The molecule has 130 valence electrons. The molecular weight excluding hydrogens is 316 g/mol. The third-order valence-electron chi connectivity index (χ3n) is 5.29. The van der Waals surface area contributed by atoms with E-state index in [9.17, 15) is 10.2 Å². The minimum atomic E-state index is -0.617. The van der Waals surface area contributed by atoms with Crippen molar-refractivity contribution in [1.29, 1.82) is 0 Å². The molecule has 0 heterocycles. The van der Waals surface area contributed by atoms with E-state index >= 15 is 0 Å². The van der Waals surface area contributed by atoms with Gasteiger partial charge in [0.25, 0.3) is 0 Å². The third kappa shape index (κ3) is 5.02. The Morgan fingerprint density at radius 2 is 1.05 bits per heavy atom. The lowest BCUT2D eigenvalue weighted by atomic mass is 9.94. The van der Waals surface area contributed by atoms with E-state index in [4.69, 9.17) is 11.5 Å². The van der Waals surface area contributed by atoms with Crippen LogP contribution in [0.1, 0.15) is 51.4 Å². The molecule has 0 aromatic carbocycles. The second-order valence-electron chi connectivity index (χ2n) is 6.98. The maximum absolute atomic E-state index is 10.4. The van der Waals surface area contributed by atoms with Crippen LogP contribution in [0.2, 0.25) is 0 Å². The van der Waals surface area contributed by atoms with Gasteiger partial charge in [-0.2, -0.15) is 23.5 Å². The Labute approximate surface area is 143 Å². The van der Waals surface area contributed by atoms with E-state index in [1.54, 1.807) is 0 Å². The molecule has 0 unspecified atom stereocenters. The van der Waals surface area contributed by atoms with Crippen molar-refractivity contribution in [2.75, 3.05) is 23.0 Å². The normalized spacial score (nSPS) is 26.2. The summed E-state index contributed by atoms with van der Waals surface area (Å²) in [6.45, 7) is 0. The van der Waals surface area contributed by atoms with Gasteiger partial charge < -0.3 is 21.7 Å². The highest BCUT2D eigenvalue weighted by Crippen LogP contribution is 2.34. The monoisotopic (exact) mass is 348 g/mol. The Balaban J connectivity index is 1.52. The molecule has 0 aromatic heterocycles. The topological polar surface area (TPSA) is 92.5 Å². The largest absolute Gasteiger partial charge is 0.388 e. The van der Waals surface area contributed by atoms with Crippen molar-refractivity contribution >= 4 is 23.5 Å². The zero-order chi connectivity index (χ0) is 16.1. The molecule has 2 rings (SSSR count). The summed E-state index contributed by atoms with van der Waals surface area (Å²) in [6.07, 6.45) is 7.84. The predicted octanol–water partition coefficient (Wildman–Crippen LogP) is 1.72. The van der Waals surface area contributed by atoms with Gasteiger partial charge in [0.1, 0.15) is 0 Å². The maximum atomic E-state index is 10.4. The summed E-state index contributed by atoms with van der Waals surface area (Å²) in [6, 6.07) is -0.210. The first-order valence-electron chi connectivity index (χ1n) is 8.58. The molecule has 2 aliphatic carbocycles. The highest BCUT2D eigenvalue weighted by molar-refractivity contribution is 8.02. The fraction of sp³-hybridized carbons (Fsp3) is 1.00. The summed E-state index contributed by atoms with van der Waals surface area (Å²) < 4.78 is 0. The Kier molecular flexibility index (Phi) is 7.36. The predicted molar refractivity (Wildman–Crippen MR) is 97.4 cm³/mol. The van der Waals surface area contributed by atoms with Gasteiger partial charge in [-0.15, -0.1) is 0 Å². The molecule has 2 atom stereocenters. The van der Waals surface area contributed by atoms with E-state index in [1.807, 2.05) is 23.5 Å². The van der Waals surface area contributed by atoms with E-state index in [2.05, 4.69) is 0 Å². The van der Waals surface area contributed by atoms with Crippen molar-refractivity contribution < 1.29 is 10.2 Å². The Morgan fingerprint density at radius 1 is 0.727 bits per heavy atom. The standard InChI is InChI=1S/C16H32N2O2S2/c17-13(15(19)5-1-2-6-15)11-21-9-10-22-12-14(18)16(20)7-3-4-8-16/h13-14,19-20H,1-12,17-18H2/t13-,14-/m0/s1. The lowest BCUT2D eigenvalue weighted by molar-refractivity contribution is 0.0278. The van der Waals surface area contributed by atoms with Crippen LogP contribution >= 0.6 is 23.5 Å². The molecule has 0 aromatic rings. The van der Waals surface area contributed by atoms with Gasteiger partial charge in [0.15, 0.2) is 0 Å². The van der Waals surface area contributed by atoms with Gasteiger partial charge in [0, 0.05) is 35.1 Å². The molecule has 0 bridgehead atoms. The minimum Gasteiger partial charge on any atom is -0.388 e. The first-order valence-corrected chi connectivity index (χ1v) is 10.9. The van der Waals surface area contributed by atoms with Crippen molar-refractivity contribution in [2.45, 2.75) is 74.7 Å². The van der Waals surface area contributed by atoms with Crippen molar-refractivity contribution in [3.8, 4) is 0 Å². The molecule has 2 fully saturated rings. The molecule has 6 N–H and O–H groups in total. The zero-order valence-corrected chi connectivity index (χ0v) is 15.1. The minimum absolute atomic E-state index is 0.105. The number of thioether (sulfide) groups is 2. The van der Waals surface area contributed by atoms with Gasteiger partial charge in [-0.25, -0.2) is 0 Å². The van der Waals surface area contributed by atoms with E-state index in [-0.39, 0.29) is 12.1 Å². The molecule has 0 saturated heterocycles. The molecule has 2 aliphatic rings. The number of rotatable bonds is 9. The van der Waals surface area contributed by atoms with Gasteiger partial charge in [-0.3, -0.25) is 0 Å². The molecule has 4 nitrogen and oxygen atoms in total. The molecule has 6 heteroatoms. The van der Waals surface area contributed by atoms with Crippen molar-refractivity contribution in [3.63, 3.8) is 0 Å². The molecule has 0 aliphatic heterocycles. The molecule has 22 heavy (non-hydrogen) atoms. The third-order valence-corrected chi connectivity index (χ3v) is 7.72. The molecule has 0 spiro atoms. The Hall–Kier alpha value is 0.540. The summed E-state index contributed by atoms with van der Waals surface area (Å²) in [5.74, 6) is 3.71. The molecule has 0 amide bonds. The second-order valence-corrected chi connectivity index (χ2v) is 9.28. The van der Waals surface area contributed by atoms with Crippen molar-refractivity contribution in [1.82, 2.24) is 0 Å². The SMILES string of the molecule is N[C@@H](CSCCSC[C@H](N)C1(O)CCCC1)C1(O)CCCC1. The lowest BCUT2D eigenvalue weighted by Gasteiger charge is -2.30. The van der Waals surface area contributed by atoms with Crippen LogP contribution < -0.4 is 11.5 Å². The average molecular weight is 349 g/mol. The average Bonchev–Trinajstić information content (AvgIpc) is 3.12. The Bertz CT molecular complexity index is 300. The second kappa shape index (κ2) is 8.58. The lowest BCUT2D eigenvalue weighted by Crippen LogP contribution is -2.47. The van der Waals surface area contributed by atoms with Crippen LogP contribution in [0.4, 0.5) is 0 Å². The van der Waals surface area contributed by atoms with Crippen molar-refractivity contribution in [3.05, 3.63) is 0 Å². The van der Waals surface area contributed by atoms with Gasteiger partial charge in [-0.05, 0) is 25.7 Å². The Morgan fingerprint density at radius 3 is 1.36 bits per heavy atom. The van der Waals surface area contributed by atoms with E-state index in [0.717, 1.165) is 74.4 Å². The van der Waals surface area contributed by atoms with Gasteiger partial charge >= 0.3 is 0 Å². The summed E-state index contributed by atoms with van der Waals surface area (Å²) >= 11 is 3.64. The van der Waals surface area contributed by atoms with Gasteiger partial charge in [0.05, 0.1) is 11.2 Å². The zero-order valence-electron chi connectivity index (χ0n) is 13.5. The van der Waals surface area contributed by atoms with Crippen LogP contribution in [0.25, 0.3) is 0 Å². The molecule has 2 saturated carbocycles. The van der Waals surface area contributed by atoms with E-state index in [1.165, 1.54) is 0 Å². The summed E-state index contributed by atoms with van der Waals surface area (Å²) in [5.41, 5.74) is 11.1. The van der Waals surface area contributed by atoms with Crippen LogP contribution in [-0.2, 0) is 0 Å². The number of aliphatic hydroxyl groups is 2. The van der Waals surface area contributed by atoms with E-state index < -0.39 is 11.2 Å². The van der Waals surface area contributed by atoms with Crippen LogP contribution in [0, 0.1) is 0 Å². The van der Waals surface area contributed by atoms with Crippen LogP contribution in [-0.4, -0.2) is 56.5 Å². The van der Waals surface area contributed by atoms with Crippen LogP contribution in [0.3, 0.4) is 0 Å². The fourth-order valence-corrected chi connectivity index (χ4v) is 5.97. The van der Waals surface area contributed by atoms with Gasteiger partial charge in [0.2, 0.25) is 0 Å². The first kappa shape index (κ1) is 18.9. The van der Waals surface area contributed by atoms with E-state index in [0.29, 0.717) is 0 Å².